The van der Waals surface area contributed by atoms with E-state index in [2.05, 4.69) is 78.9 Å². The highest BCUT2D eigenvalue weighted by molar-refractivity contribution is 7.27. The molecule has 1 nitrogen and oxygen atoms in total. The van der Waals surface area contributed by atoms with Gasteiger partial charge in [-0.15, -0.1) is 11.3 Å². The third-order valence-corrected chi connectivity index (χ3v) is 7.47. The highest BCUT2D eigenvalue weighted by Crippen LogP contribution is 2.48. The predicted octanol–water partition coefficient (Wildman–Crippen LogP) is 8.37. The Morgan fingerprint density at radius 3 is 1.60 bits per heavy atom. The SMILES string of the molecule is Oc1ccc2c(c1)sc1c2c2ccccc2c2c3ccccc3c3ccccc3c12. The molecule has 0 bridgehead atoms. The number of benzene rings is 6. The van der Waals surface area contributed by atoms with Crippen LogP contribution in [0.4, 0.5) is 0 Å². The minimum atomic E-state index is 0.318. The summed E-state index contributed by atoms with van der Waals surface area (Å²) in [7, 11) is 0. The van der Waals surface area contributed by atoms with E-state index in [4.69, 9.17) is 0 Å². The van der Waals surface area contributed by atoms with Gasteiger partial charge in [-0.3, -0.25) is 0 Å². The fraction of sp³-hybridized carbons (Fsp3) is 0. The van der Waals surface area contributed by atoms with Gasteiger partial charge in [0.25, 0.3) is 0 Å². The van der Waals surface area contributed by atoms with Crippen molar-refractivity contribution in [3.05, 3.63) is 91.0 Å². The summed E-state index contributed by atoms with van der Waals surface area (Å²) in [6.45, 7) is 0. The summed E-state index contributed by atoms with van der Waals surface area (Å²) in [5.41, 5.74) is 0. The van der Waals surface area contributed by atoms with Crippen LogP contribution in [-0.4, -0.2) is 5.11 Å². The van der Waals surface area contributed by atoms with Gasteiger partial charge in [0.1, 0.15) is 5.75 Å². The minimum absolute atomic E-state index is 0.318. The molecular formula is C28H16OS. The van der Waals surface area contributed by atoms with Gasteiger partial charge in [0.15, 0.2) is 0 Å². The van der Waals surface area contributed by atoms with Crippen molar-refractivity contribution in [2.45, 2.75) is 0 Å². The van der Waals surface area contributed by atoms with Crippen LogP contribution in [0.1, 0.15) is 0 Å². The monoisotopic (exact) mass is 400 g/mol. The van der Waals surface area contributed by atoms with Gasteiger partial charge >= 0.3 is 0 Å². The molecule has 0 aliphatic heterocycles. The summed E-state index contributed by atoms with van der Waals surface area (Å²) in [5, 5.41) is 23.0. The number of fused-ring (bicyclic) bond motifs is 13. The van der Waals surface area contributed by atoms with E-state index in [1.54, 1.807) is 17.4 Å². The maximum Gasteiger partial charge on any atom is 0.117 e. The van der Waals surface area contributed by atoms with E-state index in [1.807, 2.05) is 6.07 Å². The second-order valence-corrected chi connectivity index (χ2v) is 8.93. The molecule has 7 rings (SSSR count). The summed E-state index contributed by atoms with van der Waals surface area (Å²) in [6.07, 6.45) is 0. The zero-order valence-electron chi connectivity index (χ0n) is 16.0. The lowest BCUT2D eigenvalue weighted by atomic mass is 9.89. The Morgan fingerprint density at radius 1 is 0.467 bits per heavy atom. The molecular weight excluding hydrogens is 384 g/mol. The van der Waals surface area contributed by atoms with Crippen molar-refractivity contribution < 1.29 is 5.11 Å². The second kappa shape index (κ2) is 5.71. The molecule has 0 radical (unpaired) electrons. The van der Waals surface area contributed by atoms with Crippen LogP contribution in [0.25, 0.3) is 63.3 Å². The van der Waals surface area contributed by atoms with E-state index in [0.717, 1.165) is 4.70 Å². The molecule has 140 valence electrons. The second-order valence-electron chi connectivity index (χ2n) is 7.87. The molecule has 0 atom stereocenters. The fourth-order valence-electron chi connectivity index (χ4n) is 5.10. The van der Waals surface area contributed by atoms with Crippen molar-refractivity contribution in [3.8, 4) is 5.75 Å². The third kappa shape index (κ3) is 1.96. The molecule has 0 spiro atoms. The third-order valence-electron chi connectivity index (χ3n) is 6.30. The van der Waals surface area contributed by atoms with E-state index < -0.39 is 0 Å². The van der Waals surface area contributed by atoms with Crippen LogP contribution in [0.5, 0.6) is 5.75 Å². The molecule has 2 heteroatoms. The quantitative estimate of drug-likeness (QED) is 0.253. The average Bonchev–Trinajstić information content (AvgIpc) is 3.17. The largest absolute Gasteiger partial charge is 0.508 e. The van der Waals surface area contributed by atoms with Crippen molar-refractivity contribution in [2.24, 2.45) is 0 Å². The van der Waals surface area contributed by atoms with E-state index >= 15 is 0 Å². The average molecular weight is 401 g/mol. The number of thiophene rings is 1. The molecule has 6 aromatic carbocycles. The molecule has 0 saturated heterocycles. The molecule has 1 heterocycles. The van der Waals surface area contributed by atoms with Crippen LogP contribution in [-0.2, 0) is 0 Å². The topological polar surface area (TPSA) is 20.2 Å². The van der Waals surface area contributed by atoms with Crippen molar-refractivity contribution in [1.29, 1.82) is 0 Å². The number of hydrogen-bond donors (Lipinski definition) is 1. The maximum absolute atomic E-state index is 10.1. The molecule has 0 fully saturated rings. The van der Waals surface area contributed by atoms with Gasteiger partial charge in [-0.1, -0.05) is 72.8 Å². The summed E-state index contributed by atoms with van der Waals surface area (Å²) in [6, 6.07) is 32.0. The first-order valence-corrected chi connectivity index (χ1v) is 10.9. The first kappa shape index (κ1) is 16.2. The fourth-order valence-corrected chi connectivity index (χ4v) is 6.42. The first-order chi connectivity index (χ1) is 14.8. The molecule has 0 unspecified atom stereocenters. The minimum Gasteiger partial charge on any atom is -0.508 e. The van der Waals surface area contributed by atoms with E-state index in [9.17, 15) is 5.11 Å². The van der Waals surface area contributed by atoms with Crippen molar-refractivity contribution in [1.82, 2.24) is 0 Å². The Balaban J connectivity index is 1.95. The standard InChI is InChI=1S/C28H16OS/c29-16-13-14-23-24(15-16)30-28-26(23)22-12-6-5-11-21(22)25-19-9-3-1-7-17(19)18-8-2-4-10-20(18)27(25)28/h1-15,29H. The zero-order valence-corrected chi connectivity index (χ0v) is 16.8. The lowest BCUT2D eigenvalue weighted by Gasteiger charge is -2.14. The molecule has 0 saturated carbocycles. The molecule has 30 heavy (non-hydrogen) atoms. The highest BCUT2D eigenvalue weighted by Gasteiger charge is 2.18. The molecule has 0 aliphatic rings. The van der Waals surface area contributed by atoms with Gasteiger partial charge in [0.05, 0.1) is 0 Å². The lowest BCUT2D eigenvalue weighted by molar-refractivity contribution is 0.476. The van der Waals surface area contributed by atoms with Crippen LogP contribution in [0.2, 0.25) is 0 Å². The Kier molecular flexibility index (Phi) is 3.09. The molecule has 1 N–H and O–H groups in total. The number of hydrogen-bond acceptors (Lipinski definition) is 2. The predicted molar refractivity (Wildman–Crippen MR) is 131 cm³/mol. The van der Waals surface area contributed by atoms with Gasteiger partial charge in [-0.05, 0) is 55.9 Å². The first-order valence-electron chi connectivity index (χ1n) is 10.1. The van der Waals surface area contributed by atoms with Crippen molar-refractivity contribution in [2.75, 3.05) is 0 Å². The number of rotatable bonds is 0. The summed E-state index contributed by atoms with van der Waals surface area (Å²) >= 11 is 1.78. The Bertz CT molecular complexity index is 1810. The molecule has 1 aromatic heterocycles. The van der Waals surface area contributed by atoms with Gasteiger partial charge in [-0.2, -0.15) is 0 Å². The van der Waals surface area contributed by atoms with Crippen LogP contribution in [0, 0.1) is 0 Å². The highest BCUT2D eigenvalue weighted by atomic mass is 32.1. The molecule has 0 amide bonds. The van der Waals surface area contributed by atoms with Crippen molar-refractivity contribution >= 4 is 74.6 Å². The Morgan fingerprint density at radius 2 is 0.967 bits per heavy atom. The van der Waals surface area contributed by atoms with Crippen LogP contribution < -0.4 is 0 Å². The summed E-state index contributed by atoms with van der Waals surface area (Å²) < 4.78 is 2.42. The van der Waals surface area contributed by atoms with Gasteiger partial charge in [-0.25, -0.2) is 0 Å². The lowest BCUT2D eigenvalue weighted by Crippen LogP contribution is -1.86. The summed E-state index contributed by atoms with van der Waals surface area (Å²) in [4.78, 5) is 0. The normalized spacial score (nSPS) is 12.1. The van der Waals surface area contributed by atoms with E-state index in [-0.39, 0.29) is 0 Å². The number of phenolic OH excluding ortho intramolecular Hbond substituents is 1. The molecule has 0 aliphatic carbocycles. The maximum atomic E-state index is 10.1. The van der Waals surface area contributed by atoms with Gasteiger partial charge < -0.3 is 5.11 Å². The van der Waals surface area contributed by atoms with Gasteiger partial charge in [0, 0.05) is 25.6 Å². The number of aromatic hydroxyl groups is 1. The van der Waals surface area contributed by atoms with Crippen LogP contribution in [0.3, 0.4) is 0 Å². The Labute approximate surface area is 176 Å². The zero-order chi connectivity index (χ0) is 19.8. The molecule has 7 aromatic rings. The number of phenols is 1. The van der Waals surface area contributed by atoms with Gasteiger partial charge in [0.2, 0.25) is 0 Å². The Hall–Kier alpha value is -3.62. The van der Waals surface area contributed by atoms with E-state index in [1.165, 1.54) is 58.6 Å². The van der Waals surface area contributed by atoms with Crippen molar-refractivity contribution in [3.63, 3.8) is 0 Å². The summed E-state index contributed by atoms with van der Waals surface area (Å²) in [5.74, 6) is 0.318. The smallest absolute Gasteiger partial charge is 0.117 e. The van der Waals surface area contributed by atoms with Crippen LogP contribution in [0.15, 0.2) is 91.0 Å². The van der Waals surface area contributed by atoms with E-state index in [0.29, 0.717) is 5.75 Å². The van der Waals surface area contributed by atoms with Crippen LogP contribution >= 0.6 is 11.3 Å².